The molecule has 19 heavy (non-hydrogen) atoms. The maximum atomic E-state index is 10.8. The number of aromatic nitrogens is 3. The smallest absolute Gasteiger partial charge is 0.311 e. The second-order valence-electron chi connectivity index (χ2n) is 3.60. The van der Waals surface area contributed by atoms with Crippen molar-refractivity contribution < 1.29 is 14.8 Å². The van der Waals surface area contributed by atoms with Crippen LogP contribution in [0.1, 0.15) is 5.82 Å². The van der Waals surface area contributed by atoms with E-state index in [0.717, 1.165) is 0 Å². The Morgan fingerprint density at radius 2 is 2.26 bits per heavy atom. The van der Waals surface area contributed by atoms with Gasteiger partial charge in [0.2, 0.25) is 0 Å². The average molecular weight is 283 g/mol. The predicted molar refractivity (Wildman–Crippen MR) is 64.8 cm³/mol. The molecule has 2 aromatic rings. The number of nitrogens with zero attached hydrogens (tertiary/aromatic N) is 3. The number of nitro groups is 1. The van der Waals surface area contributed by atoms with E-state index in [4.69, 9.17) is 16.7 Å². The lowest BCUT2D eigenvalue weighted by Gasteiger charge is -1.97. The lowest BCUT2D eigenvalue weighted by molar-refractivity contribution is -0.384. The summed E-state index contributed by atoms with van der Waals surface area (Å²) in [5, 5.41) is 25.6. The van der Waals surface area contributed by atoms with Crippen LogP contribution in [-0.2, 0) is 11.2 Å². The zero-order valence-electron chi connectivity index (χ0n) is 9.33. The third kappa shape index (κ3) is 2.86. The fraction of sp³-hybridized carbons (Fsp3) is 0.100. The molecule has 2 N–H and O–H groups in total. The van der Waals surface area contributed by atoms with Gasteiger partial charge in [-0.2, -0.15) is 5.10 Å². The first-order valence-electron chi connectivity index (χ1n) is 5.05. The summed E-state index contributed by atoms with van der Waals surface area (Å²) in [6, 6.07) is 4.11. The van der Waals surface area contributed by atoms with Crippen molar-refractivity contribution >= 4 is 23.3 Å². The van der Waals surface area contributed by atoms with Crippen molar-refractivity contribution in [2.75, 3.05) is 0 Å². The Kier molecular flexibility index (Phi) is 3.43. The van der Waals surface area contributed by atoms with Gasteiger partial charge in [0.1, 0.15) is 17.3 Å². The SMILES string of the molecule is O=C(O)Cc1nc(-c2ccc(Cl)c([N+](=O)[O-])c2)n[nH]1. The second kappa shape index (κ2) is 5.02. The molecular formula is C10H7ClN4O4. The number of carboxylic acids is 1. The van der Waals surface area contributed by atoms with Crippen molar-refractivity contribution in [1.82, 2.24) is 15.2 Å². The van der Waals surface area contributed by atoms with Crippen molar-refractivity contribution in [2.24, 2.45) is 0 Å². The molecule has 0 fully saturated rings. The van der Waals surface area contributed by atoms with E-state index in [1.165, 1.54) is 18.2 Å². The molecule has 0 saturated carbocycles. The summed E-state index contributed by atoms with van der Waals surface area (Å²) in [6.45, 7) is 0. The lowest BCUT2D eigenvalue weighted by Crippen LogP contribution is -2.01. The minimum Gasteiger partial charge on any atom is -0.481 e. The second-order valence-corrected chi connectivity index (χ2v) is 4.01. The van der Waals surface area contributed by atoms with Crippen LogP contribution in [-0.4, -0.2) is 31.2 Å². The first kappa shape index (κ1) is 13.0. The standard InChI is InChI=1S/C10H7ClN4O4/c11-6-2-1-5(3-7(6)15(18)19)10-12-8(13-14-10)4-9(16)17/h1-3H,4H2,(H,16,17)(H,12,13,14). The van der Waals surface area contributed by atoms with Crippen molar-refractivity contribution in [3.05, 3.63) is 39.2 Å². The van der Waals surface area contributed by atoms with Crippen LogP contribution in [0.15, 0.2) is 18.2 Å². The fourth-order valence-corrected chi connectivity index (χ4v) is 1.62. The van der Waals surface area contributed by atoms with Gasteiger partial charge in [-0.15, -0.1) is 0 Å². The van der Waals surface area contributed by atoms with Gasteiger partial charge in [-0.25, -0.2) is 4.98 Å². The molecule has 8 nitrogen and oxygen atoms in total. The van der Waals surface area contributed by atoms with Gasteiger partial charge in [-0.3, -0.25) is 20.0 Å². The molecule has 0 aliphatic heterocycles. The van der Waals surface area contributed by atoms with Gasteiger partial charge >= 0.3 is 5.97 Å². The highest BCUT2D eigenvalue weighted by Gasteiger charge is 2.16. The van der Waals surface area contributed by atoms with E-state index < -0.39 is 10.9 Å². The molecular weight excluding hydrogens is 276 g/mol. The van der Waals surface area contributed by atoms with Gasteiger partial charge in [0.05, 0.1) is 4.92 Å². The van der Waals surface area contributed by atoms with E-state index >= 15 is 0 Å². The predicted octanol–water partition coefficient (Wildman–Crippen LogP) is 1.66. The summed E-state index contributed by atoms with van der Waals surface area (Å²) in [7, 11) is 0. The number of carboxylic acid groups (broad SMARTS) is 1. The third-order valence-electron chi connectivity index (χ3n) is 2.25. The molecule has 1 heterocycles. The molecule has 9 heteroatoms. The summed E-state index contributed by atoms with van der Waals surface area (Å²) < 4.78 is 0. The molecule has 0 amide bonds. The highest BCUT2D eigenvalue weighted by molar-refractivity contribution is 6.32. The van der Waals surface area contributed by atoms with Gasteiger partial charge in [0, 0.05) is 11.6 Å². The zero-order chi connectivity index (χ0) is 14.0. The Hall–Kier alpha value is -2.48. The quantitative estimate of drug-likeness (QED) is 0.649. The summed E-state index contributed by atoms with van der Waals surface area (Å²) in [5.74, 6) is -0.707. The van der Waals surface area contributed by atoms with Crippen LogP contribution >= 0.6 is 11.6 Å². The van der Waals surface area contributed by atoms with Crippen LogP contribution < -0.4 is 0 Å². The molecule has 1 aromatic carbocycles. The Bertz CT molecular complexity index is 655. The van der Waals surface area contributed by atoms with E-state index in [0.29, 0.717) is 5.56 Å². The summed E-state index contributed by atoms with van der Waals surface area (Å²) in [4.78, 5) is 24.6. The number of hydrogen-bond donors (Lipinski definition) is 2. The largest absolute Gasteiger partial charge is 0.481 e. The molecule has 98 valence electrons. The lowest BCUT2D eigenvalue weighted by atomic mass is 10.2. The normalized spacial score (nSPS) is 10.4. The van der Waals surface area contributed by atoms with Crippen LogP contribution in [0.4, 0.5) is 5.69 Å². The van der Waals surface area contributed by atoms with Gasteiger partial charge in [0.15, 0.2) is 5.82 Å². The molecule has 0 bridgehead atoms. The van der Waals surface area contributed by atoms with E-state index in [2.05, 4.69) is 15.2 Å². The number of nitrogens with one attached hydrogen (secondary N) is 1. The average Bonchev–Trinajstić information content (AvgIpc) is 2.76. The third-order valence-corrected chi connectivity index (χ3v) is 2.57. The number of aliphatic carboxylic acids is 1. The van der Waals surface area contributed by atoms with Gasteiger partial charge in [-0.05, 0) is 12.1 Å². The minimum absolute atomic E-state index is 0.00930. The summed E-state index contributed by atoms with van der Waals surface area (Å²) in [5.41, 5.74) is 0.118. The summed E-state index contributed by atoms with van der Waals surface area (Å²) >= 11 is 5.68. The molecule has 0 spiro atoms. The van der Waals surface area contributed by atoms with E-state index in [1.54, 1.807) is 0 Å². The van der Waals surface area contributed by atoms with Crippen LogP contribution in [0, 0.1) is 10.1 Å². The zero-order valence-corrected chi connectivity index (χ0v) is 10.1. The van der Waals surface area contributed by atoms with Gasteiger partial charge in [-0.1, -0.05) is 11.6 Å². The van der Waals surface area contributed by atoms with Crippen molar-refractivity contribution in [1.29, 1.82) is 0 Å². The molecule has 0 atom stereocenters. The van der Waals surface area contributed by atoms with Crippen molar-refractivity contribution in [2.45, 2.75) is 6.42 Å². The van der Waals surface area contributed by atoms with E-state index in [9.17, 15) is 14.9 Å². The van der Waals surface area contributed by atoms with Gasteiger partial charge < -0.3 is 5.11 Å². The number of hydrogen-bond acceptors (Lipinski definition) is 5. The highest BCUT2D eigenvalue weighted by atomic mass is 35.5. The van der Waals surface area contributed by atoms with Crippen LogP contribution in [0.3, 0.4) is 0 Å². The molecule has 0 radical (unpaired) electrons. The van der Waals surface area contributed by atoms with E-state index in [-0.39, 0.29) is 28.8 Å². The van der Waals surface area contributed by atoms with Crippen LogP contribution in [0.5, 0.6) is 0 Å². The van der Waals surface area contributed by atoms with Gasteiger partial charge in [0.25, 0.3) is 5.69 Å². The maximum absolute atomic E-state index is 10.8. The number of rotatable bonds is 4. The Labute approximate surface area is 111 Å². The Morgan fingerprint density at radius 3 is 2.89 bits per heavy atom. The number of benzene rings is 1. The Balaban J connectivity index is 2.36. The summed E-state index contributed by atoms with van der Waals surface area (Å²) in [6.07, 6.45) is -0.303. The number of halogens is 1. The number of H-pyrrole nitrogens is 1. The Morgan fingerprint density at radius 1 is 1.53 bits per heavy atom. The molecule has 0 aliphatic carbocycles. The first-order chi connectivity index (χ1) is 8.97. The van der Waals surface area contributed by atoms with Crippen molar-refractivity contribution in [3.8, 4) is 11.4 Å². The molecule has 0 unspecified atom stereocenters. The van der Waals surface area contributed by atoms with Crippen LogP contribution in [0.25, 0.3) is 11.4 Å². The fourth-order valence-electron chi connectivity index (χ4n) is 1.44. The number of nitro benzene ring substituents is 1. The molecule has 1 aromatic heterocycles. The topological polar surface area (TPSA) is 122 Å². The highest BCUT2D eigenvalue weighted by Crippen LogP contribution is 2.28. The number of aromatic amines is 1. The monoisotopic (exact) mass is 282 g/mol. The first-order valence-corrected chi connectivity index (χ1v) is 5.42. The molecule has 2 rings (SSSR count). The molecule has 0 saturated heterocycles. The maximum Gasteiger partial charge on any atom is 0.311 e. The van der Waals surface area contributed by atoms with E-state index in [1.807, 2.05) is 0 Å². The van der Waals surface area contributed by atoms with Crippen molar-refractivity contribution in [3.63, 3.8) is 0 Å². The molecule has 0 aliphatic rings. The van der Waals surface area contributed by atoms with Crippen LogP contribution in [0.2, 0.25) is 5.02 Å². The minimum atomic E-state index is -1.05. The number of carbonyl (C=O) groups is 1.